The van der Waals surface area contributed by atoms with Gasteiger partial charge in [-0.1, -0.05) is 40.9 Å². The van der Waals surface area contributed by atoms with E-state index in [4.69, 9.17) is 58.5 Å². The molecule has 1 rings (SSSR count). The van der Waals surface area contributed by atoms with Crippen molar-refractivity contribution in [1.29, 1.82) is 0 Å². The highest BCUT2D eigenvalue weighted by molar-refractivity contribution is 6.76. The van der Waals surface area contributed by atoms with Crippen LogP contribution in [-0.4, -0.2) is 71.5 Å². The van der Waals surface area contributed by atoms with E-state index in [1.165, 1.54) is 6.92 Å². The maximum absolute atomic E-state index is 12.4. The monoisotopic (exact) mass is 517 g/mol. The molecule has 1 heterocycles. The average molecular weight is 519 g/mol. The molecule has 0 aromatic carbocycles. The fourth-order valence-corrected chi connectivity index (χ4v) is 3.02. The second-order valence-electron chi connectivity index (χ2n) is 6.79. The van der Waals surface area contributed by atoms with E-state index in [0.717, 1.165) is 13.8 Å². The molecule has 1 N–H and O–H groups in total. The van der Waals surface area contributed by atoms with Gasteiger partial charge in [0.05, 0.1) is 6.61 Å². The predicted octanol–water partition coefficient (Wildman–Crippen LogP) is 1.98. The summed E-state index contributed by atoms with van der Waals surface area (Å²) in [6.45, 7) is 6.87. The quantitative estimate of drug-likeness (QED) is 0.152. The van der Waals surface area contributed by atoms with Gasteiger partial charge in [0.15, 0.2) is 18.5 Å². The summed E-state index contributed by atoms with van der Waals surface area (Å²) in [5.41, 5.74) is 0. The number of alkyl halides is 3. The van der Waals surface area contributed by atoms with Crippen LogP contribution in [0.3, 0.4) is 0 Å². The Bertz CT molecular complexity index is 698. The Morgan fingerprint density at radius 3 is 2.12 bits per heavy atom. The Morgan fingerprint density at radius 2 is 1.62 bits per heavy atom. The second-order valence-corrected chi connectivity index (χ2v) is 9.07. The van der Waals surface area contributed by atoms with E-state index >= 15 is 0 Å². The van der Waals surface area contributed by atoms with Gasteiger partial charge in [-0.05, 0) is 12.8 Å². The number of rotatable bonds is 10. The van der Waals surface area contributed by atoms with Gasteiger partial charge >= 0.3 is 17.9 Å². The van der Waals surface area contributed by atoms with Crippen LogP contribution in [0.4, 0.5) is 0 Å². The molecule has 5 atom stereocenters. The highest BCUT2D eigenvalue weighted by Crippen LogP contribution is 2.31. The molecule has 0 aromatic rings. The number of nitrogens with one attached hydrogen (secondary N) is 1. The zero-order valence-corrected chi connectivity index (χ0v) is 20.1. The number of hydrogen-bond acceptors (Lipinski definition) is 9. The van der Waals surface area contributed by atoms with Gasteiger partial charge in [0, 0.05) is 20.8 Å². The van der Waals surface area contributed by atoms with Crippen molar-refractivity contribution >= 4 is 58.6 Å². The number of hydrogen-bond donors (Lipinski definition) is 1. The molecule has 1 aliphatic rings. The van der Waals surface area contributed by atoms with Crippen molar-refractivity contribution in [3.05, 3.63) is 12.7 Å². The smallest absolute Gasteiger partial charge is 0.303 e. The van der Waals surface area contributed by atoms with Crippen LogP contribution in [0.2, 0.25) is 0 Å². The van der Waals surface area contributed by atoms with Gasteiger partial charge in [-0.15, -0.1) is 6.58 Å². The van der Waals surface area contributed by atoms with E-state index in [1.807, 2.05) is 0 Å². The summed E-state index contributed by atoms with van der Waals surface area (Å²) in [6.07, 6.45) is -2.01. The second kappa shape index (κ2) is 13.2. The Kier molecular flexibility index (Phi) is 11.7. The molecule has 0 unspecified atom stereocenters. The van der Waals surface area contributed by atoms with E-state index in [9.17, 15) is 19.2 Å². The molecule has 32 heavy (non-hydrogen) atoms. The number of amides is 1. The standard InChI is InChI=1S/C19H26Cl3NO9/c1-5-6-7-8-28-17-14(23-18(27)19(20,21)22)16(31-12(4)26)15(30-11(3)25)13(32-17)9-29-10(2)24/h5,13-17H,1,6-9H2,2-4H3,(H,23,27)/t13-,14-,15-,16-,17+/m1/s1. The lowest BCUT2D eigenvalue weighted by atomic mass is 9.96. The van der Waals surface area contributed by atoms with Gasteiger partial charge in [0.2, 0.25) is 0 Å². The Morgan fingerprint density at radius 1 is 1.03 bits per heavy atom. The van der Waals surface area contributed by atoms with E-state index in [0.29, 0.717) is 12.8 Å². The Balaban J connectivity index is 3.32. The molecule has 1 aliphatic heterocycles. The first-order valence-electron chi connectivity index (χ1n) is 9.60. The molecular formula is C19H26Cl3NO9. The number of halogens is 3. The van der Waals surface area contributed by atoms with Crippen LogP contribution in [0.1, 0.15) is 33.6 Å². The van der Waals surface area contributed by atoms with Crippen molar-refractivity contribution in [2.75, 3.05) is 13.2 Å². The molecule has 13 heteroatoms. The number of unbranched alkanes of at least 4 members (excludes halogenated alkanes) is 1. The molecule has 10 nitrogen and oxygen atoms in total. The van der Waals surface area contributed by atoms with Crippen molar-refractivity contribution in [3.63, 3.8) is 0 Å². The first kappa shape index (κ1) is 28.4. The molecule has 1 amide bonds. The number of esters is 3. The summed E-state index contributed by atoms with van der Waals surface area (Å²) >= 11 is 17.0. The lowest BCUT2D eigenvalue weighted by Crippen LogP contribution is -2.67. The van der Waals surface area contributed by atoms with Gasteiger partial charge in [0.25, 0.3) is 9.70 Å². The molecule has 0 saturated carbocycles. The molecule has 0 radical (unpaired) electrons. The van der Waals surface area contributed by atoms with Crippen molar-refractivity contribution in [2.24, 2.45) is 0 Å². The number of ether oxygens (including phenoxy) is 5. The summed E-state index contributed by atoms with van der Waals surface area (Å²) < 4.78 is 24.8. The molecule has 1 fully saturated rings. The first-order chi connectivity index (χ1) is 14.9. The van der Waals surface area contributed by atoms with Crippen molar-refractivity contribution in [1.82, 2.24) is 5.32 Å². The van der Waals surface area contributed by atoms with E-state index < -0.39 is 58.3 Å². The summed E-state index contributed by atoms with van der Waals surface area (Å²) in [5, 5.41) is 2.41. The van der Waals surface area contributed by atoms with E-state index in [2.05, 4.69) is 11.9 Å². The van der Waals surface area contributed by atoms with Crippen LogP contribution in [0.25, 0.3) is 0 Å². The van der Waals surface area contributed by atoms with Crippen molar-refractivity contribution in [3.8, 4) is 0 Å². The minimum absolute atomic E-state index is 0.169. The summed E-state index contributed by atoms with van der Waals surface area (Å²) in [4.78, 5) is 47.2. The highest BCUT2D eigenvalue weighted by atomic mass is 35.6. The van der Waals surface area contributed by atoms with Crippen molar-refractivity contribution < 1.29 is 42.9 Å². The third kappa shape index (κ3) is 9.50. The number of allylic oxidation sites excluding steroid dienone is 1. The van der Waals surface area contributed by atoms with Crippen LogP contribution in [0.15, 0.2) is 12.7 Å². The van der Waals surface area contributed by atoms with Gasteiger partial charge in [-0.2, -0.15) is 0 Å². The van der Waals surface area contributed by atoms with Gasteiger partial charge in [0.1, 0.15) is 18.8 Å². The van der Waals surface area contributed by atoms with Gasteiger partial charge in [-0.3, -0.25) is 19.2 Å². The van der Waals surface area contributed by atoms with Crippen LogP contribution in [0, 0.1) is 0 Å². The zero-order chi connectivity index (χ0) is 24.5. The van der Waals surface area contributed by atoms with Crippen LogP contribution in [0.5, 0.6) is 0 Å². The summed E-state index contributed by atoms with van der Waals surface area (Å²) in [6, 6.07) is -1.23. The van der Waals surface area contributed by atoms with E-state index in [1.54, 1.807) is 6.08 Å². The fraction of sp³-hybridized carbons (Fsp3) is 0.684. The molecule has 0 spiro atoms. The number of carbonyl (C=O) groups is 4. The maximum atomic E-state index is 12.4. The van der Waals surface area contributed by atoms with Gasteiger partial charge in [-0.25, -0.2) is 0 Å². The highest BCUT2D eigenvalue weighted by Gasteiger charge is 2.52. The van der Waals surface area contributed by atoms with Crippen molar-refractivity contribution in [2.45, 2.75) is 68.0 Å². The summed E-state index contributed by atoms with van der Waals surface area (Å²) in [7, 11) is 0. The Labute approximate surface area is 200 Å². The topological polar surface area (TPSA) is 126 Å². The third-order valence-electron chi connectivity index (χ3n) is 4.09. The molecular weight excluding hydrogens is 493 g/mol. The minimum Gasteiger partial charge on any atom is -0.463 e. The average Bonchev–Trinajstić information content (AvgIpc) is 2.66. The van der Waals surface area contributed by atoms with E-state index in [-0.39, 0.29) is 13.2 Å². The Hall–Kier alpha value is -1.59. The van der Waals surface area contributed by atoms with Crippen LogP contribution < -0.4 is 5.32 Å². The molecule has 0 aromatic heterocycles. The zero-order valence-electron chi connectivity index (χ0n) is 17.8. The summed E-state index contributed by atoms with van der Waals surface area (Å²) in [5.74, 6) is -3.15. The normalized spacial score (nSPS) is 25.4. The number of carbonyl (C=O) groups excluding carboxylic acids is 4. The third-order valence-corrected chi connectivity index (χ3v) is 4.61. The van der Waals surface area contributed by atoms with Crippen LogP contribution in [-0.2, 0) is 42.9 Å². The molecule has 182 valence electrons. The first-order valence-corrected chi connectivity index (χ1v) is 10.7. The minimum atomic E-state index is -2.35. The molecule has 0 bridgehead atoms. The lowest BCUT2D eigenvalue weighted by Gasteiger charge is -2.45. The fourth-order valence-electron chi connectivity index (χ4n) is 2.86. The molecule has 1 saturated heterocycles. The van der Waals surface area contributed by atoms with Crippen LogP contribution >= 0.6 is 34.8 Å². The molecule has 0 aliphatic carbocycles. The largest absolute Gasteiger partial charge is 0.463 e. The van der Waals surface area contributed by atoms with Gasteiger partial charge < -0.3 is 29.0 Å². The maximum Gasteiger partial charge on any atom is 0.303 e. The SMILES string of the molecule is C=CCCCO[C@H]1O[C@H](COC(C)=O)[C@@H](OC(C)=O)[C@H](OC(C)=O)[C@H]1NC(=O)C(Cl)(Cl)Cl. The predicted molar refractivity (Wildman–Crippen MR) is 114 cm³/mol. The lowest BCUT2D eigenvalue weighted by molar-refractivity contribution is -0.277.